The summed E-state index contributed by atoms with van der Waals surface area (Å²) in [5.41, 5.74) is -0.132. The fraction of sp³-hybridized carbons (Fsp3) is 0. The van der Waals surface area contributed by atoms with Crippen molar-refractivity contribution in [2.45, 2.75) is 0 Å². The highest BCUT2D eigenvalue weighted by Crippen LogP contribution is 2.24. The van der Waals surface area contributed by atoms with Gasteiger partial charge in [0, 0.05) is 18.2 Å². The minimum Gasteiger partial charge on any atom is -0.423 e. The Morgan fingerprint density at radius 1 is 1.04 bits per heavy atom. The third-order valence-electron chi connectivity index (χ3n) is 3.16. The molecule has 0 spiro atoms. The van der Waals surface area contributed by atoms with E-state index < -0.39 is 27.2 Å². The van der Waals surface area contributed by atoms with Gasteiger partial charge in [-0.15, -0.1) is 0 Å². The number of carbonyl (C=O) groups excluding carboxylic acids is 1. The number of rotatable bonds is 4. The standard InChI is InChI=1S/C14H8N4O6/c19-14(24-11-1-2-12-13(6-11)16-7-15-12)8-3-9(17(20)21)5-10(4-8)18(22)23/h1-7H,(H,15,16). The van der Waals surface area contributed by atoms with Gasteiger partial charge in [0.25, 0.3) is 11.4 Å². The van der Waals surface area contributed by atoms with Crippen LogP contribution < -0.4 is 4.74 Å². The normalized spacial score (nSPS) is 10.5. The Kier molecular flexibility index (Phi) is 3.62. The van der Waals surface area contributed by atoms with E-state index in [1.165, 1.54) is 18.5 Å². The molecule has 0 bridgehead atoms. The monoisotopic (exact) mass is 328 g/mol. The molecule has 10 nitrogen and oxygen atoms in total. The highest BCUT2D eigenvalue weighted by Gasteiger charge is 2.21. The largest absolute Gasteiger partial charge is 0.423 e. The fourth-order valence-corrected chi connectivity index (χ4v) is 2.07. The number of non-ortho nitro benzene ring substituents is 2. The summed E-state index contributed by atoms with van der Waals surface area (Å²) >= 11 is 0. The van der Waals surface area contributed by atoms with Crippen LogP contribution in [-0.4, -0.2) is 25.8 Å². The summed E-state index contributed by atoms with van der Waals surface area (Å²) in [7, 11) is 0. The first-order chi connectivity index (χ1) is 11.4. The second kappa shape index (κ2) is 5.76. The van der Waals surface area contributed by atoms with E-state index >= 15 is 0 Å². The molecule has 0 radical (unpaired) electrons. The van der Waals surface area contributed by atoms with Gasteiger partial charge in [-0.1, -0.05) is 0 Å². The molecule has 0 atom stereocenters. The molecule has 0 saturated carbocycles. The number of ether oxygens (including phenoxy) is 1. The first-order valence-corrected chi connectivity index (χ1v) is 6.53. The topological polar surface area (TPSA) is 141 Å². The van der Waals surface area contributed by atoms with Gasteiger partial charge in [-0.2, -0.15) is 0 Å². The minimum atomic E-state index is -0.944. The number of nitrogens with one attached hydrogen (secondary N) is 1. The highest BCUT2D eigenvalue weighted by molar-refractivity contribution is 5.93. The lowest BCUT2D eigenvalue weighted by atomic mass is 10.2. The van der Waals surface area contributed by atoms with Crippen LogP contribution in [0.4, 0.5) is 11.4 Å². The number of esters is 1. The van der Waals surface area contributed by atoms with Crippen LogP contribution in [0.5, 0.6) is 5.75 Å². The van der Waals surface area contributed by atoms with Crippen LogP contribution in [0.1, 0.15) is 10.4 Å². The maximum atomic E-state index is 12.1. The summed E-state index contributed by atoms with van der Waals surface area (Å²) in [5.74, 6) is -0.772. The van der Waals surface area contributed by atoms with E-state index in [1.54, 1.807) is 6.07 Å². The summed E-state index contributed by atoms with van der Waals surface area (Å²) in [6, 6.07) is 7.24. The third-order valence-corrected chi connectivity index (χ3v) is 3.16. The van der Waals surface area contributed by atoms with Crippen molar-refractivity contribution < 1.29 is 19.4 Å². The SMILES string of the molecule is O=C(Oc1ccc2nc[nH]c2c1)c1cc([N+](=O)[O-])cc([N+](=O)[O-])c1. The summed E-state index contributed by atoms with van der Waals surface area (Å²) in [5, 5.41) is 21.7. The van der Waals surface area contributed by atoms with Crippen molar-refractivity contribution in [3.05, 3.63) is 68.5 Å². The van der Waals surface area contributed by atoms with Gasteiger partial charge in [0.2, 0.25) is 0 Å². The summed E-state index contributed by atoms with van der Waals surface area (Å²) in [6.45, 7) is 0. The van der Waals surface area contributed by atoms with Crippen molar-refractivity contribution in [1.29, 1.82) is 0 Å². The Hall–Kier alpha value is -3.82. The van der Waals surface area contributed by atoms with Gasteiger partial charge in [0.1, 0.15) is 5.75 Å². The molecule has 3 rings (SSSR count). The number of benzene rings is 2. The van der Waals surface area contributed by atoms with E-state index in [0.29, 0.717) is 11.0 Å². The smallest absolute Gasteiger partial charge is 0.344 e. The molecule has 2 aromatic carbocycles. The van der Waals surface area contributed by atoms with Crippen molar-refractivity contribution in [1.82, 2.24) is 9.97 Å². The van der Waals surface area contributed by atoms with Gasteiger partial charge in [-0.25, -0.2) is 9.78 Å². The van der Waals surface area contributed by atoms with E-state index in [1.807, 2.05) is 0 Å². The van der Waals surface area contributed by atoms with Crippen LogP contribution in [0.3, 0.4) is 0 Å². The van der Waals surface area contributed by atoms with Gasteiger partial charge < -0.3 is 9.72 Å². The Bertz CT molecular complexity index is 948. The van der Waals surface area contributed by atoms with Crippen molar-refractivity contribution in [3.8, 4) is 5.75 Å². The number of hydrogen-bond donors (Lipinski definition) is 1. The molecule has 0 saturated heterocycles. The Morgan fingerprint density at radius 2 is 1.71 bits per heavy atom. The Labute approximate surface area is 133 Å². The molecule has 0 fully saturated rings. The molecule has 0 aliphatic carbocycles. The number of imidazole rings is 1. The van der Waals surface area contributed by atoms with Crippen molar-refractivity contribution in [2.75, 3.05) is 0 Å². The average molecular weight is 328 g/mol. The van der Waals surface area contributed by atoms with Gasteiger partial charge >= 0.3 is 5.97 Å². The number of carbonyl (C=O) groups is 1. The van der Waals surface area contributed by atoms with Crippen LogP contribution in [0.15, 0.2) is 42.7 Å². The third kappa shape index (κ3) is 2.88. The zero-order valence-corrected chi connectivity index (χ0v) is 11.8. The molecule has 1 aromatic heterocycles. The van der Waals surface area contributed by atoms with E-state index in [2.05, 4.69) is 9.97 Å². The number of aromatic nitrogens is 2. The van der Waals surface area contributed by atoms with Crippen molar-refractivity contribution in [2.24, 2.45) is 0 Å². The summed E-state index contributed by atoms with van der Waals surface area (Å²) in [6.07, 6.45) is 1.47. The lowest BCUT2D eigenvalue weighted by molar-refractivity contribution is -0.394. The van der Waals surface area contributed by atoms with Gasteiger partial charge in [0.05, 0.1) is 38.8 Å². The predicted octanol–water partition coefficient (Wildman–Crippen LogP) is 2.60. The number of fused-ring (bicyclic) bond motifs is 1. The number of aromatic amines is 1. The number of H-pyrrole nitrogens is 1. The van der Waals surface area contributed by atoms with Gasteiger partial charge in [-0.05, 0) is 12.1 Å². The van der Waals surface area contributed by atoms with Crippen molar-refractivity contribution in [3.63, 3.8) is 0 Å². The van der Waals surface area contributed by atoms with Crippen LogP contribution in [-0.2, 0) is 0 Å². The summed E-state index contributed by atoms with van der Waals surface area (Å²) in [4.78, 5) is 39.1. The second-order valence-electron chi connectivity index (χ2n) is 4.72. The molecular formula is C14H8N4O6. The maximum Gasteiger partial charge on any atom is 0.344 e. The van der Waals surface area contributed by atoms with Crippen molar-refractivity contribution >= 4 is 28.4 Å². The molecule has 10 heteroatoms. The van der Waals surface area contributed by atoms with E-state index in [-0.39, 0.29) is 11.3 Å². The van der Waals surface area contributed by atoms with Crippen LogP contribution >= 0.6 is 0 Å². The Morgan fingerprint density at radius 3 is 2.33 bits per heavy atom. The zero-order chi connectivity index (χ0) is 17.3. The molecular weight excluding hydrogens is 320 g/mol. The average Bonchev–Trinajstić information content (AvgIpc) is 3.01. The number of nitro groups is 2. The quantitative estimate of drug-likeness (QED) is 0.335. The maximum absolute atomic E-state index is 12.1. The number of nitro benzene ring substituents is 2. The van der Waals surface area contributed by atoms with E-state index in [0.717, 1.165) is 18.2 Å². The molecule has 120 valence electrons. The van der Waals surface area contributed by atoms with Crippen LogP contribution in [0.2, 0.25) is 0 Å². The molecule has 0 aliphatic heterocycles. The molecule has 3 aromatic rings. The lowest BCUT2D eigenvalue weighted by Gasteiger charge is -2.04. The van der Waals surface area contributed by atoms with Crippen LogP contribution in [0, 0.1) is 20.2 Å². The van der Waals surface area contributed by atoms with Crippen LogP contribution in [0.25, 0.3) is 11.0 Å². The predicted molar refractivity (Wildman–Crippen MR) is 80.8 cm³/mol. The molecule has 0 amide bonds. The van der Waals surface area contributed by atoms with Gasteiger partial charge in [0.15, 0.2) is 0 Å². The molecule has 0 unspecified atom stereocenters. The Balaban J connectivity index is 1.93. The molecule has 1 heterocycles. The molecule has 24 heavy (non-hydrogen) atoms. The molecule has 0 aliphatic rings. The molecule has 1 N–H and O–H groups in total. The van der Waals surface area contributed by atoms with Gasteiger partial charge in [-0.3, -0.25) is 20.2 Å². The minimum absolute atomic E-state index is 0.172. The van der Waals surface area contributed by atoms with E-state index in [9.17, 15) is 25.0 Å². The number of hydrogen-bond acceptors (Lipinski definition) is 7. The second-order valence-corrected chi connectivity index (χ2v) is 4.72. The lowest BCUT2D eigenvalue weighted by Crippen LogP contribution is -2.09. The zero-order valence-electron chi connectivity index (χ0n) is 11.8. The highest BCUT2D eigenvalue weighted by atomic mass is 16.6. The fourth-order valence-electron chi connectivity index (χ4n) is 2.07. The first-order valence-electron chi connectivity index (χ1n) is 6.53. The number of nitrogens with zero attached hydrogens (tertiary/aromatic N) is 3. The van der Waals surface area contributed by atoms with E-state index in [4.69, 9.17) is 4.74 Å². The summed E-state index contributed by atoms with van der Waals surface area (Å²) < 4.78 is 5.12. The first kappa shape index (κ1) is 15.1.